The Hall–Kier alpha value is -1.38. The first kappa shape index (κ1) is 11.1. The van der Waals surface area contributed by atoms with Crippen LogP contribution >= 0.6 is 0 Å². The summed E-state index contributed by atoms with van der Waals surface area (Å²) in [6, 6.07) is 1.07. The molecule has 7 nitrogen and oxygen atoms in total. The van der Waals surface area contributed by atoms with Gasteiger partial charge in [0.1, 0.15) is 10.6 Å². The van der Waals surface area contributed by atoms with Gasteiger partial charge in [-0.05, 0) is 12.5 Å². The van der Waals surface area contributed by atoms with Crippen molar-refractivity contribution in [2.24, 2.45) is 0 Å². The maximum Gasteiger partial charge on any atom is 0.352 e. The van der Waals surface area contributed by atoms with Gasteiger partial charge >= 0.3 is 5.97 Å². The largest absolute Gasteiger partial charge is 0.477 e. The van der Waals surface area contributed by atoms with Crippen LogP contribution in [-0.2, 0) is 14.9 Å². The third-order valence-corrected chi connectivity index (χ3v) is 3.83. The lowest BCUT2D eigenvalue weighted by Crippen LogP contribution is -2.26. The number of hydroxylamine groups is 1. The fraction of sp³-hybridized carbons (Fsp3) is 0.375. The molecular weight excluding hydrogens is 236 g/mol. The molecule has 16 heavy (non-hydrogen) atoms. The van der Waals surface area contributed by atoms with Gasteiger partial charge in [-0.2, -0.15) is 0 Å². The number of carboxylic acids is 1. The molecule has 0 bridgehead atoms. The van der Waals surface area contributed by atoms with E-state index < -0.39 is 16.0 Å². The predicted octanol–water partition coefficient (Wildman–Crippen LogP) is 0.0389. The number of carboxylic acid groups (broad SMARTS) is 1. The summed E-state index contributed by atoms with van der Waals surface area (Å²) < 4.78 is 24.6. The number of aromatic nitrogens is 1. The number of rotatable bonds is 3. The summed E-state index contributed by atoms with van der Waals surface area (Å²) >= 11 is 0. The van der Waals surface area contributed by atoms with Crippen molar-refractivity contribution in [3.05, 3.63) is 18.0 Å². The molecule has 1 aliphatic heterocycles. The van der Waals surface area contributed by atoms with Crippen molar-refractivity contribution in [2.75, 3.05) is 13.2 Å². The molecule has 0 aromatic carbocycles. The highest BCUT2D eigenvalue weighted by Gasteiger charge is 2.30. The smallest absolute Gasteiger partial charge is 0.352 e. The van der Waals surface area contributed by atoms with Crippen molar-refractivity contribution >= 4 is 16.0 Å². The summed E-state index contributed by atoms with van der Waals surface area (Å²) in [6.07, 6.45) is 1.77. The van der Waals surface area contributed by atoms with Gasteiger partial charge in [0.05, 0.1) is 6.61 Å². The molecule has 2 rings (SSSR count). The van der Waals surface area contributed by atoms with Gasteiger partial charge < -0.3 is 10.1 Å². The summed E-state index contributed by atoms with van der Waals surface area (Å²) in [4.78, 5) is 17.8. The number of aromatic amines is 1. The molecule has 0 aliphatic carbocycles. The average molecular weight is 246 g/mol. The number of H-pyrrole nitrogens is 1. The van der Waals surface area contributed by atoms with Gasteiger partial charge in [-0.1, -0.05) is 4.47 Å². The highest BCUT2D eigenvalue weighted by molar-refractivity contribution is 7.89. The lowest BCUT2D eigenvalue weighted by Gasteiger charge is -2.12. The first-order chi connectivity index (χ1) is 7.51. The fourth-order valence-corrected chi connectivity index (χ4v) is 2.67. The van der Waals surface area contributed by atoms with Crippen molar-refractivity contribution in [1.82, 2.24) is 9.45 Å². The van der Waals surface area contributed by atoms with Crippen molar-refractivity contribution in [3.8, 4) is 0 Å². The number of hydrogen-bond donors (Lipinski definition) is 2. The van der Waals surface area contributed by atoms with E-state index >= 15 is 0 Å². The number of hydrogen-bond acceptors (Lipinski definition) is 4. The van der Waals surface area contributed by atoms with E-state index in [0.29, 0.717) is 13.0 Å². The highest BCUT2D eigenvalue weighted by Crippen LogP contribution is 2.20. The first-order valence-electron chi connectivity index (χ1n) is 4.59. The van der Waals surface area contributed by atoms with Crippen LogP contribution in [0, 0.1) is 0 Å². The van der Waals surface area contributed by atoms with Gasteiger partial charge in [0, 0.05) is 12.7 Å². The number of aromatic carboxylic acids is 1. The molecule has 0 spiro atoms. The lowest BCUT2D eigenvalue weighted by atomic mass is 10.4. The van der Waals surface area contributed by atoms with Crippen molar-refractivity contribution in [1.29, 1.82) is 0 Å². The highest BCUT2D eigenvalue weighted by atomic mass is 32.2. The molecule has 2 N–H and O–H groups in total. The van der Waals surface area contributed by atoms with Gasteiger partial charge in [-0.25, -0.2) is 13.2 Å². The van der Waals surface area contributed by atoms with Crippen LogP contribution in [0.25, 0.3) is 0 Å². The molecule has 2 heterocycles. The van der Waals surface area contributed by atoms with E-state index in [2.05, 4.69) is 4.98 Å². The van der Waals surface area contributed by atoms with Crippen LogP contribution in [0.4, 0.5) is 0 Å². The zero-order chi connectivity index (χ0) is 11.8. The summed E-state index contributed by atoms with van der Waals surface area (Å²) in [5.74, 6) is -1.20. The van der Waals surface area contributed by atoms with Gasteiger partial charge in [0.25, 0.3) is 10.0 Å². The Morgan fingerprint density at radius 2 is 2.31 bits per heavy atom. The van der Waals surface area contributed by atoms with Gasteiger partial charge in [0.2, 0.25) is 0 Å². The maximum atomic E-state index is 11.9. The van der Waals surface area contributed by atoms with Crippen LogP contribution in [0.1, 0.15) is 16.9 Å². The summed E-state index contributed by atoms with van der Waals surface area (Å²) in [5, 5.41) is 8.66. The minimum atomic E-state index is -3.73. The van der Waals surface area contributed by atoms with E-state index in [4.69, 9.17) is 9.94 Å². The number of sulfonamides is 1. The van der Waals surface area contributed by atoms with Gasteiger partial charge in [-0.15, -0.1) is 0 Å². The SMILES string of the molecule is O=C(O)c1cc(S(=O)(=O)N2CCCO2)c[nH]1. The lowest BCUT2D eigenvalue weighted by molar-refractivity contribution is -0.0284. The zero-order valence-corrected chi connectivity index (χ0v) is 9.03. The topological polar surface area (TPSA) is 99.7 Å². The average Bonchev–Trinajstić information content (AvgIpc) is 2.90. The fourth-order valence-electron chi connectivity index (χ4n) is 1.38. The van der Waals surface area contributed by atoms with Crippen LogP contribution < -0.4 is 0 Å². The van der Waals surface area contributed by atoms with Crippen molar-refractivity contribution < 1.29 is 23.2 Å². The molecule has 1 aromatic heterocycles. The second-order valence-electron chi connectivity index (χ2n) is 3.27. The summed E-state index contributed by atoms with van der Waals surface area (Å²) in [7, 11) is -3.73. The standard InChI is InChI=1S/C8H10N2O5S/c11-8(12)7-4-6(5-9-7)16(13,14)10-2-1-3-15-10/h4-5,9H,1-3H2,(H,11,12). The Bertz CT molecular complexity index is 500. The molecule has 0 saturated carbocycles. The number of carbonyl (C=O) groups is 1. The van der Waals surface area contributed by atoms with Crippen LogP contribution in [0.2, 0.25) is 0 Å². The molecule has 1 aromatic rings. The van der Waals surface area contributed by atoms with E-state index in [-0.39, 0.29) is 17.1 Å². The molecule has 0 unspecified atom stereocenters. The van der Waals surface area contributed by atoms with Crippen LogP contribution in [0.5, 0.6) is 0 Å². The van der Waals surface area contributed by atoms with Crippen LogP contribution in [-0.4, -0.2) is 42.1 Å². The van der Waals surface area contributed by atoms with Crippen LogP contribution in [0.3, 0.4) is 0 Å². The molecular formula is C8H10N2O5S. The molecule has 8 heteroatoms. The van der Waals surface area contributed by atoms with E-state index in [1.54, 1.807) is 0 Å². The third kappa shape index (κ3) is 1.82. The Labute approximate surface area is 91.6 Å². The third-order valence-electron chi connectivity index (χ3n) is 2.17. The van der Waals surface area contributed by atoms with Gasteiger partial charge in [-0.3, -0.25) is 4.84 Å². The summed E-state index contributed by atoms with van der Waals surface area (Å²) in [6.45, 7) is 0.644. The minimum absolute atomic E-state index is 0.105. The number of nitrogens with one attached hydrogen (secondary N) is 1. The normalized spacial score (nSPS) is 17.8. The zero-order valence-electron chi connectivity index (χ0n) is 8.21. The Balaban J connectivity index is 2.31. The molecule has 0 amide bonds. The molecule has 1 saturated heterocycles. The number of nitrogens with zero attached hydrogens (tertiary/aromatic N) is 1. The molecule has 0 radical (unpaired) electrons. The minimum Gasteiger partial charge on any atom is -0.477 e. The maximum absolute atomic E-state index is 11.9. The second kappa shape index (κ2) is 3.89. The molecule has 88 valence electrons. The quantitative estimate of drug-likeness (QED) is 0.784. The van der Waals surface area contributed by atoms with Crippen LogP contribution in [0.15, 0.2) is 17.2 Å². The van der Waals surface area contributed by atoms with E-state index in [0.717, 1.165) is 16.7 Å². The van der Waals surface area contributed by atoms with E-state index in [1.807, 2.05) is 0 Å². The molecule has 1 fully saturated rings. The first-order valence-corrected chi connectivity index (χ1v) is 6.03. The van der Waals surface area contributed by atoms with E-state index in [9.17, 15) is 13.2 Å². The molecule has 1 aliphatic rings. The van der Waals surface area contributed by atoms with E-state index in [1.165, 1.54) is 0 Å². The second-order valence-corrected chi connectivity index (χ2v) is 5.10. The van der Waals surface area contributed by atoms with Crippen molar-refractivity contribution in [2.45, 2.75) is 11.3 Å². The Kier molecular flexibility index (Phi) is 2.70. The summed E-state index contributed by atoms with van der Waals surface area (Å²) in [5.41, 5.74) is -0.169. The van der Waals surface area contributed by atoms with Gasteiger partial charge in [0.15, 0.2) is 0 Å². The predicted molar refractivity (Wildman–Crippen MR) is 52.2 cm³/mol. The Morgan fingerprint density at radius 1 is 1.56 bits per heavy atom. The Morgan fingerprint density at radius 3 is 2.81 bits per heavy atom. The van der Waals surface area contributed by atoms with Crippen molar-refractivity contribution in [3.63, 3.8) is 0 Å². The molecule has 0 atom stereocenters. The monoisotopic (exact) mass is 246 g/mol.